The molecular formula is C28H28O13. The lowest BCUT2D eigenvalue weighted by atomic mass is 9.65. The molecule has 3 saturated heterocycles. The van der Waals surface area contributed by atoms with Crippen LogP contribution in [-0.4, -0.2) is 91.9 Å². The quantitative estimate of drug-likeness (QED) is 0.285. The summed E-state index contributed by atoms with van der Waals surface area (Å²) in [7, 11) is 1.29. The minimum Gasteiger partial charge on any atom is -0.492 e. The largest absolute Gasteiger partial charge is 0.492 e. The molecule has 7 rings (SSSR count). The fourth-order valence-corrected chi connectivity index (χ4v) is 6.57. The van der Waals surface area contributed by atoms with Crippen molar-refractivity contribution in [1.29, 1.82) is 0 Å². The van der Waals surface area contributed by atoms with Crippen LogP contribution in [0.3, 0.4) is 0 Å². The third-order valence-corrected chi connectivity index (χ3v) is 8.51. The number of benzene rings is 1. The molecular weight excluding hydrogens is 544 g/mol. The number of Topliss-reactive ketones (excluding diaryl/α,β-unsaturated/α-hetero) is 1. The monoisotopic (exact) mass is 572 g/mol. The van der Waals surface area contributed by atoms with E-state index in [-0.39, 0.29) is 25.8 Å². The molecule has 0 bridgehead atoms. The summed E-state index contributed by atoms with van der Waals surface area (Å²) in [5.74, 6) is -3.43. The number of rotatable bonds is 4. The number of aliphatic hydroxyl groups is 2. The Balaban J connectivity index is 1.30. The Kier molecular flexibility index (Phi) is 6.41. The maximum atomic E-state index is 13.3. The van der Waals surface area contributed by atoms with E-state index in [0.717, 1.165) is 0 Å². The van der Waals surface area contributed by atoms with Crippen LogP contribution < -0.4 is 9.47 Å². The SMILES string of the molecule is COC1=CC(C2c3cc4c(cc3C(OC3OC5COC(C)OC5C(O)C3O)C3COC(=O)C23)OCO4)=CC(=O)C1=O. The number of methoxy groups -OCH3 is 1. The minimum atomic E-state index is -1.47. The molecule has 1 aromatic rings. The van der Waals surface area contributed by atoms with Crippen molar-refractivity contribution >= 4 is 17.5 Å². The van der Waals surface area contributed by atoms with E-state index < -0.39 is 78.4 Å². The zero-order chi connectivity index (χ0) is 28.6. The molecule has 0 amide bonds. The molecule has 4 heterocycles. The molecule has 1 aromatic carbocycles. The Labute approximate surface area is 233 Å². The predicted octanol–water partition coefficient (Wildman–Crippen LogP) is 0.176. The van der Waals surface area contributed by atoms with Gasteiger partial charge in [0.25, 0.3) is 5.78 Å². The van der Waals surface area contributed by atoms with Crippen molar-refractivity contribution in [1.82, 2.24) is 0 Å². The van der Waals surface area contributed by atoms with Crippen LogP contribution in [0.1, 0.15) is 30.1 Å². The summed E-state index contributed by atoms with van der Waals surface area (Å²) in [6.07, 6.45) is -4.35. The Hall–Kier alpha value is -3.33. The first kappa shape index (κ1) is 26.6. The standard InChI is InChI=1S/C28H28O13/c1-10-35-8-19-26(39-10)23(31)24(32)28(40-19)41-25-13-6-17-16(37-9-38-17)5-12(13)20(21-14(25)7-36-27(21)33)11-3-15(29)22(30)18(4-11)34-2/h3-6,10,14,19-21,23-26,28,31-32H,7-9H2,1-2H3. The predicted molar refractivity (Wildman–Crippen MR) is 131 cm³/mol. The van der Waals surface area contributed by atoms with E-state index in [4.69, 9.17) is 37.9 Å². The van der Waals surface area contributed by atoms with E-state index in [9.17, 15) is 24.6 Å². The summed E-state index contributed by atoms with van der Waals surface area (Å²) in [6.45, 7) is 1.79. The van der Waals surface area contributed by atoms with Crippen LogP contribution in [-0.2, 0) is 42.8 Å². The molecule has 13 nitrogen and oxygen atoms in total. The highest BCUT2D eigenvalue weighted by molar-refractivity contribution is 6.47. The molecule has 0 saturated carbocycles. The second-order valence-electron chi connectivity index (χ2n) is 10.8. The van der Waals surface area contributed by atoms with Crippen LogP contribution in [0.25, 0.3) is 0 Å². The van der Waals surface area contributed by atoms with E-state index in [1.807, 2.05) is 0 Å². The van der Waals surface area contributed by atoms with E-state index >= 15 is 0 Å². The molecule has 0 radical (unpaired) electrons. The molecule has 6 aliphatic rings. The average Bonchev–Trinajstić information content (AvgIpc) is 3.58. The van der Waals surface area contributed by atoms with Crippen LogP contribution >= 0.6 is 0 Å². The van der Waals surface area contributed by atoms with Gasteiger partial charge in [0.15, 0.2) is 29.8 Å². The van der Waals surface area contributed by atoms with Gasteiger partial charge in [-0.25, -0.2) is 0 Å². The summed E-state index contributed by atoms with van der Waals surface area (Å²) >= 11 is 0. The van der Waals surface area contributed by atoms with Gasteiger partial charge in [-0.3, -0.25) is 14.4 Å². The van der Waals surface area contributed by atoms with Gasteiger partial charge in [0.1, 0.15) is 24.4 Å². The van der Waals surface area contributed by atoms with E-state index in [0.29, 0.717) is 28.2 Å². The molecule has 10 atom stereocenters. The van der Waals surface area contributed by atoms with E-state index in [1.165, 1.54) is 19.3 Å². The Bertz CT molecular complexity index is 1360. The van der Waals surface area contributed by atoms with Gasteiger partial charge in [-0.05, 0) is 47.9 Å². The number of allylic oxidation sites excluding steroid dienone is 4. The van der Waals surface area contributed by atoms with Crippen molar-refractivity contribution in [3.63, 3.8) is 0 Å². The number of esters is 1. The third kappa shape index (κ3) is 4.18. The van der Waals surface area contributed by atoms with Gasteiger partial charge in [-0.2, -0.15) is 0 Å². The number of fused-ring (bicyclic) bond motifs is 4. The zero-order valence-corrected chi connectivity index (χ0v) is 22.1. The highest BCUT2D eigenvalue weighted by Crippen LogP contribution is 2.56. The number of hydrogen-bond donors (Lipinski definition) is 2. The molecule has 41 heavy (non-hydrogen) atoms. The first-order valence-corrected chi connectivity index (χ1v) is 13.3. The molecule has 10 unspecified atom stereocenters. The fraction of sp³-hybridized carbons (Fsp3) is 0.536. The first-order valence-electron chi connectivity index (χ1n) is 13.3. The normalized spacial score (nSPS) is 39.3. The summed E-state index contributed by atoms with van der Waals surface area (Å²) in [5.41, 5.74) is 1.58. The van der Waals surface area contributed by atoms with Crippen molar-refractivity contribution in [2.45, 2.75) is 55.9 Å². The number of ketones is 2. The van der Waals surface area contributed by atoms with Gasteiger partial charge in [0, 0.05) is 11.8 Å². The Morgan fingerprint density at radius 2 is 1.68 bits per heavy atom. The number of ether oxygens (including phenoxy) is 8. The fourth-order valence-electron chi connectivity index (χ4n) is 6.57. The van der Waals surface area contributed by atoms with Crippen LogP contribution in [0.15, 0.2) is 35.6 Å². The van der Waals surface area contributed by atoms with Gasteiger partial charge in [0.05, 0.1) is 32.3 Å². The maximum Gasteiger partial charge on any atom is 0.310 e. The molecule has 13 heteroatoms. The zero-order valence-electron chi connectivity index (χ0n) is 22.1. The van der Waals surface area contributed by atoms with Gasteiger partial charge in [-0.1, -0.05) is 0 Å². The lowest BCUT2D eigenvalue weighted by Gasteiger charge is -2.47. The molecule has 3 fully saturated rings. The summed E-state index contributed by atoms with van der Waals surface area (Å²) < 4.78 is 45.5. The smallest absolute Gasteiger partial charge is 0.310 e. The molecule has 0 spiro atoms. The van der Waals surface area contributed by atoms with Gasteiger partial charge in [0.2, 0.25) is 12.6 Å². The molecule has 2 aliphatic carbocycles. The van der Waals surface area contributed by atoms with E-state index in [2.05, 4.69) is 0 Å². The minimum absolute atomic E-state index is 0.00907. The second kappa shape index (κ2) is 9.89. The third-order valence-electron chi connectivity index (χ3n) is 8.51. The van der Waals surface area contributed by atoms with Crippen LogP contribution in [0.2, 0.25) is 0 Å². The maximum absolute atomic E-state index is 13.3. The number of aliphatic hydroxyl groups excluding tert-OH is 2. The van der Waals surface area contributed by atoms with Crippen LogP contribution in [0.4, 0.5) is 0 Å². The first-order chi connectivity index (χ1) is 19.7. The van der Waals surface area contributed by atoms with Crippen molar-refractivity contribution < 1.29 is 62.5 Å². The van der Waals surface area contributed by atoms with Crippen LogP contribution in [0.5, 0.6) is 11.5 Å². The van der Waals surface area contributed by atoms with Crippen molar-refractivity contribution in [3.05, 3.63) is 46.7 Å². The number of hydrogen-bond acceptors (Lipinski definition) is 13. The average molecular weight is 573 g/mol. The van der Waals surface area contributed by atoms with Gasteiger partial charge in [-0.15, -0.1) is 0 Å². The topological polar surface area (TPSA) is 166 Å². The lowest BCUT2D eigenvalue weighted by Crippen LogP contribution is -2.63. The Morgan fingerprint density at radius 1 is 0.927 bits per heavy atom. The molecule has 0 aromatic heterocycles. The van der Waals surface area contributed by atoms with E-state index in [1.54, 1.807) is 19.1 Å². The van der Waals surface area contributed by atoms with Crippen molar-refractivity contribution in [2.24, 2.45) is 11.8 Å². The number of carbonyl (C=O) groups is 3. The summed E-state index contributed by atoms with van der Waals surface area (Å²) in [4.78, 5) is 38.2. The lowest BCUT2D eigenvalue weighted by molar-refractivity contribution is -0.364. The van der Waals surface area contributed by atoms with Crippen molar-refractivity contribution in [3.8, 4) is 11.5 Å². The van der Waals surface area contributed by atoms with Crippen LogP contribution in [0, 0.1) is 11.8 Å². The Morgan fingerprint density at radius 3 is 2.44 bits per heavy atom. The number of cyclic esters (lactones) is 1. The van der Waals surface area contributed by atoms with Gasteiger partial charge < -0.3 is 48.1 Å². The molecule has 218 valence electrons. The summed E-state index contributed by atoms with van der Waals surface area (Å²) in [6, 6.07) is 3.45. The molecule has 2 N–H and O–H groups in total. The highest BCUT2D eigenvalue weighted by Gasteiger charge is 2.56. The highest BCUT2D eigenvalue weighted by atomic mass is 16.8. The second-order valence-corrected chi connectivity index (χ2v) is 10.8. The number of carbonyl (C=O) groups excluding carboxylic acids is 3. The summed E-state index contributed by atoms with van der Waals surface area (Å²) in [5, 5.41) is 21.8. The van der Waals surface area contributed by atoms with Crippen molar-refractivity contribution in [2.75, 3.05) is 27.1 Å². The van der Waals surface area contributed by atoms with Gasteiger partial charge >= 0.3 is 5.97 Å². The molecule has 4 aliphatic heterocycles.